The largest absolute Gasteiger partial charge is 3.00 e. The van der Waals surface area contributed by atoms with Crippen LogP contribution in [-0.4, -0.2) is 65.7 Å². The van der Waals surface area contributed by atoms with Gasteiger partial charge in [-0.25, -0.2) is 0 Å². The number of hydrogen-bond donors (Lipinski definition) is 0. The molecule has 0 atom stereocenters. The van der Waals surface area contributed by atoms with Crippen LogP contribution in [0.5, 0.6) is 11.5 Å². The molecule has 0 unspecified atom stereocenters. The van der Waals surface area contributed by atoms with E-state index in [0.29, 0.717) is 58.8 Å². The van der Waals surface area contributed by atoms with E-state index in [0.717, 1.165) is 6.92 Å². The number of nitrogens with zero attached hydrogens (tertiary/aromatic N) is 5. The third-order valence-electron chi connectivity index (χ3n) is 4.32. The Morgan fingerprint density at radius 3 is 1.27 bits per heavy atom. The first-order valence-corrected chi connectivity index (χ1v) is 12.8. The molecule has 1 radical (unpaired) electrons. The van der Waals surface area contributed by atoms with Crippen LogP contribution in [0, 0.1) is 82.8 Å². The van der Waals surface area contributed by atoms with Gasteiger partial charge < -0.3 is 60.6 Å². The number of carboxylic acids is 1. The second-order valence-corrected chi connectivity index (χ2v) is 9.67. The molecule has 0 heterocycles. The molecule has 45 heavy (non-hydrogen) atoms. The molecule has 21 heteroatoms. The fraction of sp³-hybridized carbons (Fsp3) is 0.333. The van der Waals surface area contributed by atoms with Gasteiger partial charge in [-0.3, -0.25) is 9.59 Å². The molecule has 2 aromatic carbocycles. The van der Waals surface area contributed by atoms with Crippen molar-refractivity contribution in [2.24, 2.45) is 0 Å². The van der Waals surface area contributed by atoms with E-state index in [9.17, 15) is 19.8 Å². The van der Waals surface area contributed by atoms with E-state index in [-0.39, 0.29) is 82.9 Å². The Labute approximate surface area is 320 Å². The van der Waals surface area contributed by atoms with E-state index >= 15 is 0 Å². The van der Waals surface area contributed by atoms with Gasteiger partial charge in [-0.2, -0.15) is 5.26 Å². The monoisotopic (exact) mass is 940 g/mol. The number of aldehydes is 2. The van der Waals surface area contributed by atoms with Crippen LogP contribution in [0.2, 0.25) is 0 Å². The van der Waals surface area contributed by atoms with Gasteiger partial charge in [0.2, 0.25) is 0 Å². The summed E-state index contributed by atoms with van der Waals surface area (Å²) in [6, 6.07) is 8.22. The van der Waals surface area contributed by atoms with E-state index in [1.54, 1.807) is 18.2 Å². The number of halogens is 2. The molecule has 0 N–H and O–H groups in total. The van der Waals surface area contributed by atoms with E-state index < -0.39 is 16.1 Å². The number of hydrogen-bond acceptors (Lipinski definition) is 15. The van der Waals surface area contributed by atoms with Gasteiger partial charge in [-0.15, -0.1) is 0 Å². The van der Waals surface area contributed by atoms with Crippen LogP contribution < -0.4 is 15.3 Å². The predicted octanol–water partition coefficient (Wildman–Crippen LogP) is 1.35. The second-order valence-electron chi connectivity index (χ2n) is 7.84. The topological polar surface area (TPSA) is 283 Å². The van der Waals surface area contributed by atoms with Gasteiger partial charge in [-0.05, 0) is 56.4 Å². The second kappa shape index (κ2) is 30.3. The maximum atomic E-state index is 12.2. The molecule has 0 spiro atoms. The molecule has 2 aromatic rings. The molecular weight excluding hydrogens is 920 g/mol. The molecule has 0 aliphatic heterocycles. The van der Waals surface area contributed by atoms with Crippen molar-refractivity contribution in [3.8, 4) is 17.6 Å². The average Bonchev–Trinajstić information content (AvgIpc) is 2.86. The van der Waals surface area contributed by atoms with Crippen molar-refractivity contribution < 1.29 is 100 Å². The first-order valence-electron chi connectivity index (χ1n) is 11.2. The fourth-order valence-corrected chi connectivity index (χ4v) is 3.88. The minimum atomic E-state index is -1.75. The molecule has 0 saturated carbocycles. The number of benzene rings is 2. The molecule has 0 amide bonds. The van der Waals surface area contributed by atoms with Crippen LogP contribution in [0.4, 0.5) is 0 Å². The third kappa shape index (κ3) is 30.0. The van der Waals surface area contributed by atoms with Crippen LogP contribution in [-0.2, 0) is 37.4 Å². The zero-order valence-corrected chi connectivity index (χ0v) is 33.7. The SMILES string of the molecule is CC#N.CC(=O)[O-].CN(CCN(C)Cc1cc(Br)cc(C=O)c1[O-])Cc1cc(Br)cc(C=O)c1[O-].O=[N+]([O-])[O-].O=[N+]([O-])[O-].[Nd+3].[Zn+2]. The van der Waals surface area contributed by atoms with E-state index in [1.807, 2.05) is 23.9 Å². The van der Waals surface area contributed by atoms with Gasteiger partial charge in [0.15, 0.2) is 0 Å². The van der Waals surface area contributed by atoms with Gasteiger partial charge in [0.25, 0.3) is 0 Å². The van der Waals surface area contributed by atoms with Crippen molar-refractivity contribution >= 4 is 50.4 Å². The van der Waals surface area contributed by atoms with E-state index in [2.05, 4.69) is 31.9 Å². The Morgan fingerprint density at radius 2 is 1.07 bits per heavy atom. The summed E-state index contributed by atoms with van der Waals surface area (Å²) >= 11 is 6.64. The number of carbonyl (C=O) groups excluding carboxylic acids is 3. The number of nitriles is 1. The zero-order valence-electron chi connectivity index (χ0n) is 24.4. The molecular formula is C24H26Br2N5NdO12Zn. The summed E-state index contributed by atoms with van der Waals surface area (Å²) in [6.07, 6.45) is 1.13. The molecule has 0 aromatic heterocycles. The summed E-state index contributed by atoms with van der Waals surface area (Å²) in [5.74, 6) is -1.60. The maximum absolute atomic E-state index is 12.2. The van der Waals surface area contributed by atoms with Gasteiger partial charge >= 0.3 is 60.3 Å². The van der Waals surface area contributed by atoms with Crippen LogP contribution in [0.15, 0.2) is 33.2 Å². The van der Waals surface area contributed by atoms with Crippen LogP contribution in [0.1, 0.15) is 45.7 Å². The molecule has 0 bridgehead atoms. The van der Waals surface area contributed by atoms with Crippen molar-refractivity contribution in [1.82, 2.24) is 9.80 Å². The van der Waals surface area contributed by atoms with E-state index in [4.69, 9.17) is 45.8 Å². The van der Waals surface area contributed by atoms with Gasteiger partial charge in [-0.1, -0.05) is 43.4 Å². The summed E-state index contributed by atoms with van der Waals surface area (Å²) < 4.78 is 1.39. The number of rotatable bonds is 9. The predicted molar refractivity (Wildman–Crippen MR) is 153 cm³/mol. The Balaban J connectivity index is -0.000000263. The van der Waals surface area contributed by atoms with Gasteiger partial charge in [0.05, 0.1) is 16.2 Å². The summed E-state index contributed by atoms with van der Waals surface area (Å²) in [6.45, 7) is 4.53. The van der Waals surface area contributed by atoms with Crippen LogP contribution in [0.3, 0.4) is 0 Å². The smallest absolute Gasteiger partial charge is 0.872 e. The van der Waals surface area contributed by atoms with E-state index in [1.165, 1.54) is 19.1 Å². The number of aliphatic carboxylic acids is 1. The summed E-state index contributed by atoms with van der Waals surface area (Å²) in [5.41, 5.74) is 1.37. The number of carboxylic acid groups (broad SMARTS) is 1. The van der Waals surface area contributed by atoms with Gasteiger partial charge in [0.1, 0.15) is 12.6 Å². The van der Waals surface area contributed by atoms with Gasteiger partial charge in [0, 0.05) is 59.1 Å². The van der Waals surface area contributed by atoms with Crippen molar-refractivity contribution in [2.75, 3.05) is 27.2 Å². The fourth-order valence-electron chi connectivity index (χ4n) is 2.84. The molecule has 0 aliphatic rings. The molecule has 0 fully saturated rings. The van der Waals surface area contributed by atoms with Crippen molar-refractivity contribution in [1.29, 1.82) is 5.26 Å². The Hall–Kier alpha value is -2.41. The quantitative estimate of drug-likeness (QED) is 0.148. The minimum absolute atomic E-state index is 0. The normalized spacial score (nSPS) is 8.78. The maximum Gasteiger partial charge on any atom is 3.00 e. The van der Waals surface area contributed by atoms with Crippen molar-refractivity contribution in [3.63, 3.8) is 0 Å². The molecule has 0 saturated heterocycles. The summed E-state index contributed by atoms with van der Waals surface area (Å²) in [4.78, 5) is 51.4. The number of carbonyl (C=O) groups is 3. The minimum Gasteiger partial charge on any atom is -0.872 e. The Kier molecular flexibility index (Phi) is 35.1. The average molecular weight is 946 g/mol. The number of likely N-dealkylation sites (N-methyl/N-ethyl adjacent to an activating group) is 2. The summed E-state index contributed by atoms with van der Waals surface area (Å²) in [5, 5.41) is 70.2. The Morgan fingerprint density at radius 1 is 0.844 bits per heavy atom. The zero-order chi connectivity index (χ0) is 34.3. The van der Waals surface area contributed by atoms with Crippen molar-refractivity contribution in [2.45, 2.75) is 26.9 Å². The first kappa shape index (κ1) is 52.1. The van der Waals surface area contributed by atoms with Crippen molar-refractivity contribution in [3.05, 3.63) is 86.1 Å². The third-order valence-corrected chi connectivity index (χ3v) is 5.23. The molecule has 0 aliphatic carbocycles. The van der Waals surface area contributed by atoms with Crippen LogP contribution >= 0.6 is 31.9 Å². The Bertz CT molecular complexity index is 1160. The first-order chi connectivity index (χ1) is 19.9. The summed E-state index contributed by atoms with van der Waals surface area (Å²) in [7, 11) is 3.77. The molecule has 239 valence electrons. The molecule has 17 nitrogen and oxygen atoms in total. The standard InChI is InChI=1S/C20H22Br2N2O4.C2H3N.C2H4O2.2NO3.Nd.Zn/c1-23(9-13-5-17(21)7-15(11-25)19(13)27)3-4-24(2)10-14-6-18(22)8-16(12-26)20(14)28;1-2-3;1-2(3)4;2*2-1(3)4;;/h5-8,11-12,27-28H,3-4,9-10H2,1-2H3;1H3;1H3,(H,3,4);;;;/q;;;2*-1;+3;+2/p-3. The van der Waals surface area contributed by atoms with Crippen LogP contribution in [0.25, 0.3) is 0 Å². The molecule has 2 rings (SSSR count).